The molecular weight excluding hydrogens is 671 g/mol. The molecule has 11 rings (SSSR count). The third-order valence-corrected chi connectivity index (χ3v) is 10.6. The summed E-state index contributed by atoms with van der Waals surface area (Å²) in [5.41, 5.74) is 9.22. The molecule has 0 saturated heterocycles. The molecule has 0 unspecified atom stereocenters. The van der Waals surface area contributed by atoms with Crippen molar-refractivity contribution in [3.8, 4) is 56.4 Å². The van der Waals surface area contributed by atoms with Crippen LogP contribution >= 0.6 is 0 Å². The van der Waals surface area contributed by atoms with Gasteiger partial charge in [0.15, 0.2) is 17.5 Å². The second kappa shape index (κ2) is 12.6. The molecule has 0 bridgehead atoms. The zero-order valence-corrected chi connectivity index (χ0v) is 29.6. The first-order valence-corrected chi connectivity index (χ1v) is 18.5. The van der Waals surface area contributed by atoms with Gasteiger partial charge in [-0.05, 0) is 103 Å². The molecule has 0 aliphatic heterocycles. The van der Waals surface area contributed by atoms with Crippen molar-refractivity contribution in [3.63, 3.8) is 0 Å². The van der Waals surface area contributed by atoms with Gasteiger partial charge in [0.1, 0.15) is 11.2 Å². The number of hydrogen-bond donors (Lipinski definition) is 0. The lowest BCUT2D eigenvalue weighted by atomic mass is 9.99. The molecule has 0 aliphatic carbocycles. The van der Waals surface area contributed by atoms with E-state index in [1.165, 1.54) is 22.3 Å². The Hall–Kier alpha value is -7.43. The maximum Gasteiger partial charge on any atom is 0.164 e. The van der Waals surface area contributed by atoms with Crippen LogP contribution in [-0.4, -0.2) is 15.0 Å². The van der Waals surface area contributed by atoms with E-state index in [-0.39, 0.29) is 0 Å². The summed E-state index contributed by atoms with van der Waals surface area (Å²) in [4.78, 5) is 15.5. The molecule has 0 fully saturated rings. The van der Waals surface area contributed by atoms with Gasteiger partial charge in [-0.1, -0.05) is 140 Å². The molecule has 11 aromatic rings. The van der Waals surface area contributed by atoms with E-state index in [2.05, 4.69) is 164 Å². The summed E-state index contributed by atoms with van der Waals surface area (Å²) in [5.74, 6) is 1.86. The Kier molecular flexibility index (Phi) is 7.14. The first-order chi connectivity index (χ1) is 27.2. The molecule has 2 aromatic heterocycles. The summed E-state index contributed by atoms with van der Waals surface area (Å²) in [7, 11) is 0. The minimum absolute atomic E-state index is 0.614. The lowest BCUT2D eigenvalue weighted by Gasteiger charge is -2.11. The van der Waals surface area contributed by atoms with Gasteiger partial charge >= 0.3 is 0 Å². The van der Waals surface area contributed by atoms with E-state index in [9.17, 15) is 0 Å². The van der Waals surface area contributed by atoms with E-state index in [1.54, 1.807) is 0 Å². The maximum absolute atomic E-state index is 6.26. The van der Waals surface area contributed by atoms with Gasteiger partial charge in [-0.2, -0.15) is 0 Å². The highest BCUT2D eigenvalue weighted by molar-refractivity contribution is 6.10. The van der Waals surface area contributed by atoms with Crippen molar-refractivity contribution in [1.82, 2.24) is 15.0 Å². The predicted molar refractivity (Wildman–Crippen MR) is 227 cm³/mol. The number of nitrogens with zero attached hydrogens (tertiary/aromatic N) is 3. The van der Waals surface area contributed by atoms with E-state index in [0.717, 1.165) is 70.9 Å². The highest BCUT2D eigenvalue weighted by Gasteiger charge is 2.16. The Balaban J connectivity index is 1.08. The average Bonchev–Trinajstić information content (AvgIpc) is 3.62. The number of aromatic nitrogens is 3. The third kappa shape index (κ3) is 5.60. The average molecular weight is 702 g/mol. The van der Waals surface area contributed by atoms with Crippen LogP contribution in [0.15, 0.2) is 192 Å². The molecule has 0 radical (unpaired) electrons. The highest BCUT2D eigenvalue weighted by atomic mass is 16.3. The summed E-state index contributed by atoms with van der Waals surface area (Å²) in [6, 6.07) is 66.0. The minimum Gasteiger partial charge on any atom is -0.456 e. The van der Waals surface area contributed by atoms with E-state index >= 15 is 0 Å². The third-order valence-electron chi connectivity index (χ3n) is 10.6. The topological polar surface area (TPSA) is 51.8 Å². The normalized spacial score (nSPS) is 11.6. The maximum atomic E-state index is 6.26. The van der Waals surface area contributed by atoms with Crippen LogP contribution in [0.4, 0.5) is 0 Å². The number of benzene rings is 9. The SMILES string of the molecule is c1ccc(-c2ccc3ccc(-c4nc(-c5ccc6ccc(-c7ccccc7)cc6c5)nc(-c5ccc6cc7c(cc6c5)oc5ccccc57)n4)cc3c2)cc1. The fourth-order valence-electron chi connectivity index (χ4n) is 7.76. The number of fused-ring (bicyclic) bond motifs is 6. The Morgan fingerprint density at radius 1 is 0.255 bits per heavy atom. The molecule has 0 N–H and O–H groups in total. The largest absolute Gasteiger partial charge is 0.456 e. The van der Waals surface area contributed by atoms with Gasteiger partial charge in [-0.15, -0.1) is 0 Å². The van der Waals surface area contributed by atoms with Crippen LogP contribution < -0.4 is 0 Å². The van der Waals surface area contributed by atoms with Gasteiger partial charge in [0.05, 0.1) is 0 Å². The van der Waals surface area contributed by atoms with Gasteiger partial charge < -0.3 is 4.42 Å². The van der Waals surface area contributed by atoms with Crippen molar-refractivity contribution in [2.45, 2.75) is 0 Å². The molecular formula is C51H31N3O. The smallest absolute Gasteiger partial charge is 0.164 e. The first kappa shape index (κ1) is 31.1. The first-order valence-electron chi connectivity index (χ1n) is 18.5. The molecule has 0 amide bonds. The van der Waals surface area contributed by atoms with Crippen molar-refractivity contribution in [3.05, 3.63) is 188 Å². The lowest BCUT2D eigenvalue weighted by Crippen LogP contribution is -2.00. The fraction of sp³-hybridized carbons (Fsp3) is 0. The fourth-order valence-corrected chi connectivity index (χ4v) is 7.76. The highest BCUT2D eigenvalue weighted by Crippen LogP contribution is 2.35. The van der Waals surface area contributed by atoms with E-state index < -0.39 is 0 Å². The zero-order valence-electron chi connectivity index (χ0n) is 29.6. The summed E-state index contributed by atoms with van der Waals surface area (Å²) < 4.78 is 6.26. The summed E-state index contributed by atoms with van der Waals surface area (Å²) in [5, 5.41) is 8.99. The van der Waals surface area contributed by atoms with Gasteiger partial charge in [-0.25, -0.2) is 15.0 Å². The molecule has 4 heteroatoms. The molecule has 2 heterocycles. The van der Waals surface area contributed by atoms with Crippen LogP contribution in [0.2, 0.25) is 0 Å². The van der Waals surface area contributed by atoms with Gasteiger partial charge in [0.2, 0.25) is 0 Å². The monoisotopic (exact) mass is 701 g/mol. The van der Waals surface area contributed by atoms with Gasteiger partial charge in [0.25, 0.3) is 0 Å². The van der Waals surface area contributed by atoms with Crippen LogP contribution in [0.3, 0.4) is 0 Å². The number of para-hydroxylation sites is 1. The van der Waals surface area contributed by atoms with Crippen molar-refractivity contribution in [1.29, 1.82) is 0 Å². The van der Waals surface area contributed by atoms with Crippen LogP contribution in [0.1, 0.15) is 0 Å². The number of hydrogen-bond acceptors (Lipinski definition) is 4. The minimum atomic E-state index is 0.614. The second-order valence-electron chi connectivity index (χ2n) is 14.1. The Bertz CT molecular complexity index is 3120. The molecule has 4 nitrogen and oxygen atoms in total. The molecule has 9 aromatic carbocycles. The Morgan fingerprint density at radius 3 is 1.20 bits per heavy atom. The summed E-state index contributed by atoms with van der Waals surface area (Å²) >= 11 is 0. The Morgan fingerprint density at radius 2 is 0.673 bits per heavy atom. The second-order valence-corrected chi connectivity index (χ2v) is 14.1. The molecule has 0 spiro atoms. The summed E-state index contributed by atoms with van der Waals surface area (Å²) in [6.07, 6.45) is 0. The van der Waals surface area contributed by atoms with E-state index in [1.807, 2.05) is 24.3 Å². The van der Waals surface area contributed by atoms with Crippen LogP contribution in [0.5, 0.6) is 0 Å². The van der Waals surface area contributed by atoms with Gasteiger partial charge in [-0.3, -0.25) is 0 Å². The molecule has 256 valence electrons. The predicted octanol–water partition coefficient (Wildman–Crippen LogP) is 13.6. The van der Waals surface area contributed by atoms with E-state index in [0.29, 0.717) is 17.5 Å². The molecule has 0 atom stereocenters. The van der Waals surface area contributed by atoms with Crippen molar-refractivity contribution in [2.75, 3.05) is 0 Å². The number of rotatable bonds is 5. The van der Waals surface area contributed by atoms with Crippen LogP contribution in [-0.2, 0) is 0 Å². The lowest BCUT2D eigenvalue weighted by molar-refractivity contribution is 0.669. The van der Waals surface area contributed by atoms with Crippen LogP contribution in [0, 0.1) is 0 Å². The van der Waals surface area contributed by atoms with Crippen molar-refractivity contribution >= 4 is 54.3 Å². The molecule has 0 aliphatic rings. The van der Waals surface area contributed by atoms with Gasteiger partial charge in [0, 0.05) is 27.5 Å². The van der Waals surface area contributed by atoms with Crippen molar-refractivity contribution in [2.24, 2.45) is 0 Å². The zero-order chi connectivity index (χ0) is 36.3. The standard InChI is InChI=1S/C51H31N3O/c1-3-9-32(10-4-1)36-19-15-34-17-22-39(27-42(34)25-36)49-52-50(40-23-18-35-16-20-37(26-43(35)28-40)33-11-5-2-6-12-33)54-51(53-49)41-24-21-38-30-46-45-13-7-8-14-47(45)55-48(46)31-44(38)29-41/h1-31H. The van der Waals surface area contributed by atoms with E-state index in [4.69, 9.17) is 19.4 Å². The molecule has 0 saturated carbocycles. The van der Waals surface area contributed by atoms with Crippen molar-refractivity contribution < 1.29 is 4.42 Å². The Labute approximate surface area is 317 Å². The molecule has 55 heavy (non-hydrogen) atoms. The van der Waals surface area contributed by atoms with Crippen LogP contribution in [0.25, 0.3) is 111 Å². The quantitative estimate of drug-likeness (QED) is 0.179. The number of furan rings is 1. The summed E-state index contributed by atoms with van der Waals surface area (Å²) in [6.45, 7) is 0.